The first-order chi connectivity index (χ1) is 11.0. The Morgan fingerprint density at radius 3 is 1.92 bits per heavy atom. The van der Waals surface area contributed by atoms with E-state index < -0.39 is 0 Å². The SMILES string of the molecule is CC(CNC(=S)Nc1c(C(C)C)cccc1C(C)C)CC(C)(C)C. The molecule has 3 heteroatoms. The van der Waals surface area contributed by atoms with E-state index in [1.165, 1.54) is 23.2 Å². The Morgan fingerprint density at radius 1 is 1.00 bits per heavy atom. The van der Waals surface area contributed by atoms with Gasteiger partial charge < -0.3 is 10.6 Å². The van der Waals surface area contributed by atoms with Crippen LogP contribution >= 0.6 is 12.2 Å². The van der Waals surface area contributed by atoms with Crippen molar-refractivity contribution in [2.45, 2.75) is 73.6 Å². The van der Waals surface area contributed by atoms with E-state index in [0.717, 1.165) is 11.7 Å². The number of thiocarbonyl (C=S) groups is 1. The molecule has 1 unspecified atom stereocenters. The zero-order valence-corrected chi connectivity index (χ0v) is 17.6. The summed E-state index contributed by atoms with van der Waals surface area (Å²) in [6, 6.07) is 6.55. The van der Waals surface area contributed by atoms with E-state index in [-0.39, 0.29) is 0 Å². The van der Waals surface area contributed by atoms with Crippen molar-refractivity contribution in [3.63, 3.8) is 0 Å². The molecule has 1 atom stereocenters. The largest absolute Gasteiger partial charge is 0.362 e. The van der Waals surface area contributed by atoms with E-state index in [4.69, 9.17) is 12.2 Å². The summed E-state index contributed by atoms with van der Waals surface area (Å²) < 4.78 is 0. The molecular weight excluding hydrogens is 312 g/mol. The second kappa shape index (κ2) is 8.84. The van der Waals surface area contributed by atoms with Gasteiger partial charge in [-0.3, -0.25) is 0 Å². The first kappa shape index (κ1) is 21.0. The summed E-state index contributed by atoms with van der Waals surface area (Å²) in [5, 5.41) is 7.61. The summed E-state index contributed by atoms with van der Waals surface area (Å²) in [6.07, 6.45) is 1.18. The predicted molar refractivity (Wildman–Crippen MR) is 112 cm³/mol. The van der Waals surface area contributed by atoms with Gasteiger partial charge >= 0.3 is 0 Å². The normalized spacial score (nSPS) is 13.2. The molecule has 2 nitrogen and oxygen atoms in total. The van der Waals surface area contributed by atoms with E-state index in [2.05, 4.69) is 84.2 Å². The zero-order chi connectivity index (χ0) is 18.5. The quantitative estimate of drug-likeness (QED) is 0.591. The molecule has 0 radical (unpaired) electrons. The fourth-order valence-corrected chi connectivity index (χ4v) is 3.42. The van der Waals surface area contributed by atoms with Gasteiger partial charge in [0.05, 0.1) is 0 Å². The van der Waals surface area contributed by atoms with Gasteiger partial charge in [-0.2, -0.15) is 0 Å². The van der Waals surface area contributed by atoms with E-state index >= 15 is 0 Å². The Bertz CT molecular complexity index is 515. The van der Waals surface area contributed by atoms with Gasteiger partial charge in [-0.05, 0) is 52.9 Å². The van der Waals surface area contributed by atoms with Crippen molar-refractivity contribution in [2.75, 3.05) is 11.9 Å². The van der Waals surface area contributed by atoms with Gasteiger partial charge in [-0.15, -0.1) is 0 Å². The van der Waals surface area contributed by atoms with Crippen molar-refractivity contribution in [3.8, 4) is 0 Å². The smallest absolute Gasteiger partial charge is 0.170 e. The Labute approximate surface area is 154 Å². The Kier molecular flexibility index (Phi) is 7.72. The first-order valence-corrected chi connectivity index (χ1v) is 9.59. The van der Waals surface area contributed by atoms with Crippen LogP contribution in [0.15, 0.2) is 18.2 Å². The van der Waals surface area contributed by atoms with Crippen LogP contribution in [0, 0.1) is 11.3 Å². The van der Waals surface area contributed by atoms with E-state index in [0.29, 0.717) is 23.2 Å². The summed E-state index contributed by atoms with van der Waals surface area (Å²) in [4.78, 5) is 0. The minimum Gasteiger partial charge on any atom is -0.362 e. The van der Waals surface area contributed by atoms with Gasteiger partial charge in [0, 0.05) is 12.2 Å². The van der Waals surface area contributed by atoms with Crippen molar-refractivity contribution in [1.29, 1.82) is 0 Å². The summed E-state index contributed by atoms with van der Waals surface area (Å²) in [5.74, 6) is 1.53. The molecule has 1 rings (SSSR count). The molecule has 0 saturated heterocycles. The molecule has 0 amide bonds. The highest BCUT2D eigenvalue weighted by Gasteiger charge is 2.17. The number of hydrogen-bond donors (Lipinski definition) is 2. The summed E-state index contributed by atoms with van der Waals surface area (Å²) in [6.45, 7) is 19.0. The first-order valence-electron chi connectivity index (χ1n) is 9.19. The van der Waals surface area contributed by atoms with Crippen LogP contribution in [-0.2, 0) is 0 Å². The fourth-order valence-electron chi connectivity index (χ4n) is 3.24. The molecule has 0 spiro atoms. The summed E-state index contributed by atoms with van der Waals surface area (Å²) >= 11 is 5.57. The van der Waals surface area contributed by atoms with Crippen molar-refractivity contribution in [2.24, 2.45) is 11.3 Å². The number of para-hydroxylation sites is 1. The van der Waals surface area contributed by atoms with E-state index in [1.807, 2.05) is 0 Å². The number of anilines is 1. The van der Waals surface area contributed by atoms with Crippen molar-refractivity contribution < 1.29 is 0 Å². The number of hydrogen-bond acceptors (Lipinski definition) is 1. The molecule has 0 aromatic heterocycles. The molecule has 1 aromatic carbocycles. The molecule has 0 saturated carbocycles. The molecule has 24 heavy (non-hydrogen) atoms. The third kappa shape index (κ3) is 6.80. The standard InChI is InChI=1S/C21H36N2S/c1-14(2)17-10-9-11-18(15(3)4)19(17)23-20(24)22-13-16(5)12-21(6,7)8/h9-11,14-16H,12-13H2,1-8H3,(H2,22,23,24). The van der Waals surface area contributed by atoms with Crippen molar-refractivity contribution in [1.82, 2.24) is 5.32 Å². The third-order valence-electron chi connectivity index (χ3n) is 4.18. The zero-order valence-electron chi connectivity index (χ0n) is 16.8. The molecule has 1 aromatic rings. The average molecular weight is 349 g/mol. The Hall–Kier alpha value is -1.09. The van der Waals surface area contributed by atoms with Crippen LogP contribution in [0.2, 0.25) is 0 Å². The minimum atomic E-state index is 0.352. The predicted octanol–water partition coefficient (Wildman–Crippen LogP) is 6.29. The van der Waals surface area contributed by atoms with Gasteiger partial charge in [0.25, 0.3) is 0 Å². The van der Waals surface area contributed by atoms with Crippen LogP contribution in [0.4, 0.5) is 5.69 Å². The maximum Gasteiger partial charge on any atom is 0.170 e. The highest BCUT2D eigenvalue weighted by atomic mass is 32.1. The Balaban J connectivity index is 2.79. The van der Waals surface area contributed by atoms with Gasteiger partial charge in [-0.1, -0.05) is 73.6 Å². The van der Waals surface area contributed by atoms with Crippen LogP contribution in [0.5, 0.6) is 0 Å². The maximum absolute atomic E-state index is 5.57. The van der Waals surface area contributed by atoms with Gasteiger partial charge in [0.15, 0.2) is 5.11 Å². The van der Waals surface area contributed by atoms with Crippen LogP contribution in [-0.4, -0.2) is 11.7 Å². The molecule has 0 aliphatic rings. The van der Waals surface area contributed by atoms with Gasteiger partial charge in [0.1, 0.15) is 0 Å². The van der Waals surface area contributed by atoms with Crippen LogP contribution in [0.25, 0.3) is 0 Å². The van der Waals surface area contributed by atoms with Crippen LogP contribution < -0.4 is 10.6 Å². The molecule has 0 bridgehead atoms. The molecular formula is C21H36N2S. The lowest BCUT2D eigenvalue weighted by Gasteiger charge is -2.25. The maximum atomic E-state index is 5.57. The lowest BCUT2D eigenvalue weighted by molar-refractivity contribution is 0.307. The van der Waals surface area contributed by atoms with Crippen LogP contribution in [0.3, 0.4) is 0 Å². The fraction of sp³-hybridized carbons (Fsp3) is 0.667. The second-order valence-electron chi connectivity index (χ2n) is 8.83. The molecule has 0 aliphatic heterocycles. The van der Waals surface area contributed by atoms with Crippen LogP contribution in [0.1, 0.15) is 84.8 Å². The molecule has 0 fully saturated rings. The van der Waals surface area contributed by atoms with Gasteiger partial charge in [0.2, 0.25) is 0 Å². The van der Waals surface area contributed by atoms with Gasteiger partial charge in [-0.25, -0.2) is 0 Å². The topological polar surface area (TPSA) is 24.1 Å². The average Bonchev–Trinajstić information content (AvgIpc) is 2.43. The lowest BCUT2D eigenvalue weighted by atomic mass is 9.85. The van der Waals surface area contributed by atoms with Crippen molar-refractivity contribution >= 4 is 23.0 Å². The monoisotopic (exact) mass is 348 g/mol. The number of rotatable bonds is 6. The number of benzene rings is 1. The van der Waals surface area contributed by atoms with E-state index in [1.54, 1.807) is 0 Å². The summed E-state index contributed by atoms with van der Waals surface area (Å²) in [7, 11) is 0. The number of nitrogens with one attached hydrogen (secondary N) is 2. The third-order valence-corrected chi connectivity index (χ3v) is 4.43. The molecule has 2 N–H and O–H groups in total. The lowest BCUT2D eigenvalue weighted by Crippen LogP contribution is -2.33. The molecule has 0 heterocycles. The Morgan fingerprint density at radius 2 is 1.50 bits per heavy atom. The highest BCUT2D eigenvalue weighted by molar-refractivity contribution is 7.80. The second-order valence-corrected chi connectivity index (χ2v) is 9.23. The summed E-state index contributed by atoms with van der Waals surface area (Å²) in [5.41, 5.74) is 4.19. The minimum absolute atomic E-state index is 0.352. The molecule has 136 valence electrons. The highest BCUT2D eigenvalue weighted by Crippen LogP contribution is 2.32. The van der Waals surface area contributed by atoms with E-state index in [9.17, 15) is 0 Å². The van der Waals surface area contributed by atoms with Crippen molar-refractivity contribution in [3.05, 3.63) is 29.3 Å². The molecule has 0 aliphatic carbocycles.